The third-order valence-corrected chi connectivity index (χ3v) is 6.27. The highest BCUT2D eigenvalue weighted by Crippen LogP contribution is 2.30. The number of ether oxygens (including phenoxy) is 1. The van der Waals surface area contributed by atoms with Crippen molar-refractivity contribution < 1.29 is 17.9 Å². The molecule has 0 atom stereocenters. The van der Waals surface area contributed by atoms with E-state index in [1.165, 1.54) is 12.1 Å². The van der Waals surface area contributed by atoms with E-state index in [0.717, 1.165) is 4.31 Å². The summed E-state index contributed by atoms with van der Waals surface area (Å²) in [6, 6.07) is 23.6. The molecule has 0 spiro atoms. The maximum absolute atomic E-state index is 13.2. The highest BCUT2D eigenvalue weighted by atomic mass is 35.5. The van der Waals surface area contributed by atoms with Crippen LogP contribution in [-0.4, -0.2) is 34.0 Å². The predicted octanol–water partition coefficient (Wildman–Crippen LogP) is 3.73. The minimum atomic E-state index is -3.99. The van der Waals surface area contributed by atoms with E-state index in [4.69, 9.17) is 16.3 Å². The Morgan fingerprint density at radius 3 is 2.17 bits per heavy atom. The van der Waals surface area contributed by atoms with Crippen molar-refractivity contribution in [3.8, 4) is 5.75 Å². The second-order valence-corrected chi connectivity index (χ2v) is 8.56. The van der Waals surface area contributed by atoms with Crippen molar-refractivity contribution in [2.45, 2.75) is 4.90 Å². The summed E-state index contributed by atoms with van der Waals surface area (Å²) in [6.45, 7) is 0.0784. The molecular weight excluding hydrogens is 424 g/mol. The van der Waals surface area contributed by atoms with Crippen molar-refractivity contribution in [1.29, 1.82) is 0 Å². The minimum Gasteiger partial charge on any atom is -0.492 e. The molecule has 156 valence electrons. The molecule has 0 unspecified atom stereocenters. The van der Waals surface area contributed by atoms with E-state index in [1.807, 2.05) is 30.3 Å². The van der Waals surface area contributed by atoms with Crippen LogP contribution < -0.4 is 14.4 Å². The Hall–Kier alpha value is -3.03. The summed E-state index contributed by atoms with van der Waals surface area (Å²) in [6.07, 6.45) is 0. The Labute approximate surface area is 181 Å². The van der Waals surface area contributed by atoms with Gasteiger partial charge in [-0.2, -0.15) is 0 Å². The summed E-state index contributed by atoms with van der Waals surface area (Å²) in [5.74, 6) is 0.224. The summed E-state index contributed by atoms with van der Waals surface area (Å²) in [4.78, 5) is 12.6. The number of para-hydroxylation sites is 2. The first kappa shape index (κ1) is 21.7. The Bertz CT molecular complexity index is 1080. The van der Waals surface area contributed by atoms with Crippen LogP contribution in [0.5, 0.6) is 5.75 Å². The molecule has 1 N–H and O–H groups in total. The van der Waals surface area contributed by atoms with Crippen LogP contribution in [-0.2, 0) is 14.8 Å². The lowest BCUT2D eigenvalue weighted by molar-refractivity contribution is -0.119. The molecule has 0 fully saturated rings. The highest BCUT2D eigenvalue weighted by Gasteiger charge is 2.28. The van der Waals surface area contributed by atoms with E-state index in [2.05, 4.69) is 5.32 Å². The molecule has 0 saturated carbocycles. The number of rotatable bonds is 9. The molecule has 6 nitrogen and oxygen atoms in total. The van der Waals surface area contributed by atoms with Gasteiger partial charge in [-0.1, -0.05) is 60.1 Å². The SMILES string of the molecule is O=C(CN(c1ccccc1Cl)S(=O)(=O)c1ccccc1)NCCOc1ccccc1. The molecule has 0 saturated heterocycles. The number of nitrogens with zero attached hydrogens (tertiary/aromatic N) is 1. The maximum atomic E-state index is 13.2. The number of carbonyl (C=O) groups is 1. The largest absolute Gasteiger partial charge is 0.492 e. The molecular formula is C22H21ClN2O4S. The number of anilines is 1. The number of sulfonamides is 1. The average Bonchev–Trinajstić information content (AvgIpc) is 2.77. The van der Waals surface area contributed by atoms with Crippen LogP contribution >= 0.6 is 11.6 Å². The summed E-state index contributed by atoms with van der Waals surface area (Å²) >= 11 is 6.23. The van der Waals surface area contributed by atoms with Crippen molar-refractivity contribution in [2.24, 2.45) is 0 Å². The lowest BCUT2D eigenvalue weighted by atomic mass is 10.3. The number of halogens is 1. The van der Waals surface area contributed by atoms with Gasteiger partial charge in [0.2, 0.25) is 5.91 Å². The van der Waals surface area contributed by atoms with Crippen molar-refractivity contribution in [1.82, 2.24) is 5.32 Å². The second kappa shape index (κ2) is 10.1. The number of hydrogen-bond acceptors (Lipinski definition) is 4. The van der Waals surface area contributed by atoms with Crippen LogP contribution in [0.3, 0.4) is 0 Å². The first-order valence-corrected chi connectivity index (χ1v) is 11.1. The van der Waals surface area contributed by atoms with Crippen molar-refractivity contribution in [3.63, 3.8) is 0 Å². The molecule has 3 aromatic rings. The van der Waals surface area contributed by atoms with Gasteiger partial charge < -0.3 is 10.1 Å². The van der Waals surface area contributed by atoms with Crippen LogP contribution in [0.2, 0.25) is 5.02 Å². The van der Waals surface area contributed by atoms with Crippen molar-refractivity contribution in [2.75, 3.05) is 24.0 Å². The molecule has 3 aromatic carbocycles. The number of nitrogens with one attached hydrogen (secondary N) is 1. The summed E-state index contributed by atoms with van der Waals surface area (Å²) < 4.78 is 32.9. The molecule has 3 rings (SSSR count). The van der Waals surface area contributed by atoms with Gasteiger partial charge in [-0.05, 0) is 36.4 Å². The van der Waals surface area contributed by atoms with Gasteiger partial charge in [0.1, 0.15) is 18.9 Å². The van der Waals surface area contributed by atoms with Crippen LogP contribution in [0.15, 0.2) is 89.8 Å². The first-order valence-electron chi connectivity index (χ1n) is 9.25. The molecule has 8 heteroatoms. The molecule has 0 heterocycles. The van der Waals surface area contributed by atoms with Gasteiger partial charge in [-0.3, -0.25) is 9.10 Å². The van der Waals surface area contributed by atoms with Crippen LogP contribution in [0.4, 0.5) is 5.69 Å². The van der Waals surface area contributed by atoms with Crippen molar-refractivity contribution in [3.05, 3.63) is 90.0 Å². The fraction of sp³-hybridized carbons (Fsp3) is 0.136. The highest BCUT2D eigenvalue weighted by molar-refractivity contribution is 7.92. The monoisotopic (exact) mass is 444 g/mol. The number of benzene rings is 3. The van der Waals surface area contributed by atoms with E-state index < -0.39 is 22.5 Å². The topological polar surface area (TPSA) is 75.7 Å². The van der Waals surface area contributed by atoms with Crippen molar-refractivity contribution >= 4 is 33.2 Å². The Morgan fingerprint density at radius 2 is 1.50 bits per heavy atom. The molecule has 0 bridgehead atoms. The predicted molar refractivity (Wildman–Crippen MR) is 117 cm³/mol. The number of hydrogen-bond donors (Lipinski definition) is 1. The van der Waals surface area contributed by atoms with Gasteiger partial charge in [0.15, 0.2) is 0 Å². The van der Waals surface area contributed by atoms with Crippen LogP contribution in [0, 0.1) is 0 Å². The standard InChI is InChI=1S/C22H21ClN2O4S/c23-20-13-7-8-14-21(20)25(30(27,28)19-11-5-2-6-12-19)17-22(26)24-15-16-29-18-9-3-1-4-10-18/h1-14H,15-17H2,(H,24,26). The van der Waals surface area contributed by atoms with Gasteiger partial charge in [0, 0.05) is 0 Å². The van der Waals surface area contributed by atoms with Crippen LogP contribution in [0.1, 0.15) is 0 Å². The van der Waals surface area contributed by atoms with E-state index >= 15 is 0 Å². The first-order chi connectivity index (χ1) is 14.5. The third kappa shape index (κ3) is 5.52. The van der Waals surface area contributed by atoms with E-state index in [-0.39, 0.29) is 28.8 Å². The molecule has 0 aliphatic rings. The van der Waals surface area contributed by atoms with Gasteiger partial charge in [-0.15, -0.1) is 0 Å². The molecule has 1 amide bonds. The fourth-order valence-corrected chi connectivity index (χ4v) is 4.48. The normalized spacial score (nSPS) is 11.0. The third-order valence-electron chi connectivity index (χ3n) is 4.18. The zero-order valence-electron chi connectivity index (χ0n) is 16.1. The molecule has 0 radical (unpaired) electrons. The molecule has 30 heavy (non-hydrogen) atoms. The smallest absolute Gasteiger partial charge is 0.264 e. The van der Waals surface area contributed by atoms with Gasteiger partial charge in [0.05, 0.1) is 22.2 Å². The summed E-state index contributed by atoms with van der Waals surface area (Å²) in [7, 11) is -3.99. The zero-order chi connectivity index (χ0) is 21.4. The molecule has 0 aliphatic carbocycles. The minimum absolute atomic E-state index is 0.0742. The Balaban J connectivity index is 1.71. The molecule has 0 aromatic heterocycles. The van der Waals surface area contributed by atoms with E-state index in [1.54, 1.807) is 42.5 Å². The quantitative estimate of drug-likeness (QED) is 0.510. The number of amides is 1. The molecule has 0 aliphatic heterocycles. The second-order valence-electron chi connectivity index (χ2n) is 6.29. The average molecular weight is 445 g/mol. The lowest BCUT2D eigenvalue weighted by Gasteiger charge is -2.25. The lowest BCUT2D eigenvalue weighted by Crippen LogP contribution is -2.42. The summed E-state index contributed by atoms with van der Waals surface area (Å²) in [5.41, 5.74) is 0.235. The van der Waals surface area contributed by atoms with E-state index in [9.17, 15) is 13.2 Å². The Morgan fingerprint density at radius 1 is 0.900 bits per heavy atom. The Kier molecular flexibility index (Phi) is 7.32. The van der Waals surface area contributed by atoms with Crippen LogP contribution in [0.25, 0.3) is 0 Å². The van der Waals surface area contributed by atoms with E-state index in [0.29, 0.717) is 5.75 Å². The zero-order valence-corrected chi connectivity index (χ0v) is 17.6. The number of carbonyl (C=O) groups excluding carboxylic acids is 1. The van der Waals surface area contributed by atoms with Gasteiger partial charge in [0.25, 0.3) is 10.0 Å². The van der Waals surface area contributed by atoms with Gasteiger partial charge in [-0.25, -0.2) is 8.42 Å². The fourth-order valence-electron chi connectivity index (χ4n) is 2.74. The van der Waals surface area contributed by atoms with Gasteiger partial charge >= 0.3 is 0 Å². The maximum Gasteiger partial charge on any atom is 0.264 e. The summed E-state index contributed by atoms with van der Waals surface area (Å²) in [5, 5.41) is 2.92.